The Balaban J connectivity index is 1.79. The molecule has 0 radical (unpaired) electrons. The van der Waals surface area contributed by atoms with Gasteiger partial charge >= 0.3 is 5.97 Å². The van der Waals surface area contributed by atoms with E-state index in [0.717, 1.165) is 32.4 Å². The summed E-state index contributed by atoms with van der Waals surface area (Å²) in [7, 11) is 1.39. The van der Waals surface area contributed by atoms with Gasteiger partial charge in [-0.05, 0) is 12.8 Å². The average molecular weight is 269 g/mol. The van der Waals surface area contributed by atoms with Crippen molar-refractivity contribution in [2.45, 2.75) is 25.3 Å². The Hall–Kier alpha value is -1.14. The molecule has 1 saturated heterocycles. The van der Waals surface area contributed by atoms with Crippen LogP contribution in [0.15, 0.2) is 0 Å². The van der Waals surface area contributed by atoms with Crippen LogP contribution in [0.25, 0.3) is 0 Å². The number of carbonyl (C=O) groups is 2. The molecule has 0 spiro atoms. The third kappa shape index (κ3) is 3.45. The second-order valence-electron chi connectivity index (χ2n) is 5.38. The van der Waals surface area contributed by atoms with E-state index in [2.05, 4.69) is 4.74 Å². The van der Waals surface area contributed by atoms with Crippen molar-refractivity contribution < 1.29 is 14.3 Å². The predicted octanol–water partition coefficient (Wildman–Crippen LogP) is -0.569. The summed E-state index contributed by atoms with van der Waals surface area (Å²) >= 11 is 0. The lowest BCUT2D eigenvalue weighted by Crippen LogP contribution is -2.52. The first-order valence-electron chi connectivity index (χ1n) is 6.95. The summed E-state index contributed by atoms with van der Waals surface area (Å²) in [5.74, 6) is -0.0209. The minimum Gasteiger partial charge on any atom is -0.468 e. The topological polar surface area (TPSA) is 75.9 Å². The molecule has 2 atom stereocenters. The van der Waals surface area contributed by atoms with Gasteiger partial charge < -0.3 is 15.4 Å². The number of nitrogens with zero attached hydrogens (tertiary/aromatic N) is 2. The van der Waals surface area contributed by atoms with Gasteiger partial charge in [-0.3, -0.25) is 14.5 Å². The third-order valence-corrected chi connectivity index (χ3v) is 4.15. The summed E-state index contributed by atoms with van der Waals surface area (Å²) in [5.41, 5.74) is 5.98. The number of rotatable bonds is 3. The highest BCUT2D eigenvalue weighted by molar-refractivity contribution is 5.80. The molecule has 1 saturated carbocycles. The van der Waals surface area contributed by atoms with E-state index in [1.807, 2.05) is 9.80 Å². The van der Waals surface area contributed by atoms with E-state index in [1.165, 1.54) is 7.11 Å². The molecule has 0 aromatic carbocycles. The Morgan fingerprint density at radius 1 is 1.21 bits per heavy atom. The summed E-state index contributed by atoms with van der Waals surface area (Å²) in [6.07, 6.45) is 2.93. The molecule has 6 heteroatoms. The van der Waals surface area contributed by atoms with E-state index >= 15 is 0 Å². The van der Waals surface area contributed by atoms with Crippen LogP contribution in [-0.4, -0.2) is 67.6 Å². The maximum atomic E-state index is 12.3. The molecule has 2 rings (SSSR count). The molecule has 19 heavy (non-hydrogen) atoms. The molecule has 1 heterocycles. The largest absolute Gasteiger partial charge is 0.468 e. The highest BCUT2D eigenvalue weighted by Crippen LogP contribution is 2.26. The molecular formula is C13H23N3O3. The number of piperazine rings is 1. The monoisotopic (exact) mass is 269 g/mol. The summed E-state index contributed by atoms with van der Waals surface area (Å²) in [6, 6.07) is 0.0283. The van der Waals surface area contributed by atoms with Crippen LogP contribution in [0.5, 0.6) is 0 Å². The second-order valence-corrected chi connectivity index (χ2v) is 5.38. The lowest BCUT2D eigenvalue weighted by molar-refractivity contribution is -0.143. The Bertz CT molecular complexity index is 340. The van der Waals surface area contributed by atoms with Crippen molar-refractivity contribution in [2.24, 2.45) is 11.7 Å². The van der Waals surface area contributed by atoms with E-state index in [9.17, 15) is 9.59 Å². The molecule has 2 fully saturated rings. The maximum Gasteiger partial charge on any atom is 0.319 e. The summed E-state index contributed by atoms with van der Waals surface area (Å²) < 4.78 is 4.64. The number of hydrogen-bond acceptors (Lipinski definition) is 5. The fourth-order valence-electron chi connectivity index (χ4n) is 2.90. The maximum absolute atomic E-state index is 12.3. The number of esters is 1. The lowest BCUT2D eigenvalue weighted by Gasteiger charge is -2.35. The number of amides is 1. The smallest absolute Gasteiger partial charge is 0.319 e. The van der Waals surface area contributed by atoms with E-state index in [0.29, 0.717) is 19.6 Å². The highest BCUT2D eigenvalue weighted by Gasteiger charge is 2.34. The van der Waals surface area contributed by atoms with E-state index in [1.54, 1.807) is 0 Å². The fraction of sp³-hybridized carbons (Fsp3) is 0.846. The Morgan fingerprint density at radius 3 is 2.42 bits per heavy atom. The molecule has 1 amide bonds. The number of ether oxygens (including phenoxy) is 1. The first kappa shape index (κ1) is 14.3. The fourth-order valence-corrected chi connectivity index (χ4v) is 2.90. The zero-order chi connectivity index (χ0) is 13.8. The predicted molar refractivity (Wildman–Crippen MR) is 70.4 cm³/mol. The van der Waals surface area contributed by atoms with Gasteiger partial charge in [0.25, 0.3) is 0 Å². The van der Waals surface area contributed by atoms with Crippen molar-refractivity contribution >= 4 is 11.9 Å². The van der Waals surface area contributed by atoms with E-state index in [4.69, 9.17) is 5.73 Å². The third-order valence-electron chi connectivity index (χ3n) is 4.15. The van der Waals surface area contributed by atoms with Crippen LogP contribution in [0.3, 0.4) is 0 Å². The summed E-state index contributed by atoms with van der Waals surface area (Å²) in [6.45, 7) is 3.12. The quantitative estimate of drug-likeness (QED) is 0.695. The van der Waals surface area contributed by atoms with Crippen molar-refractivity contribution in [3.05, 3.63) is 0 Å². The van der Waals surface area contributed by atoms with Crippen LogP contribution >= 0.6 is 0 Å². The molecule has 2 N–H and O–H groups in total. The van der Waals surface area contributed by atoms with Gasteiger partial charge in [-0.15, -0.1) is 0 Å². The van der Waals surface area contributed by atoms with Crippen LogP contribution in [-0.2, 0) is 14.3 Å². The van der Waals surface area contributed by atoms with Crippen molar-refractivity contribution in [1.29, 1.82) is 0 Å². The second kappa shape index (κ2) is 6.34. The minimum atomic E-state index is -0.224. The number of carbonyl (C=O) groups excluding carboxylic acids is 2. The van der Waals surface area contributed by atoms with Gasteiger partial charge in [0.2, 0.25) is 5.91 Å². The van der Waals surface area contributed by atoms with Crippen molar-refractivity contribution in [1.82, 2.24) is 9.80 Å². The molecule has 1 aliphatic heterocycles. The SMILES string of the molecule is COC(=O)CN1CCN(C(=O)C2CCCC2N)CC1. The van der Waals surface area contributed by atoms with Gasteiger partial charge in [0.1, 0.15) is 0 Å². The van der Waals surface area contributed by atoms with Crippen LogP contribution in [0.2, 0.25) is 0 Å². The normalized spacial score (nSPS) is 28.4. The first-order valence-corrected chi connectivity index (χ1v) is 6.95. The van der Waals surface area contributed by atoms with Crippen molar-refractivity contribution in [3.63, 3.8) is 0 Å². The Labute approximate surface area is 113 Å². The van der Waals surface area contributed by atoms with E-state index in [-0.39, 0.29) is 23.8 Å². The van der Waals surface area contributed by atoms with Crippen LogP contribution in [0.1, 0.15) is 19.3 Å². The Kier molecular flexibility index (Phi) is 4.76. The average Bonchev–Trinajstić information content (AvgIpc) is 2.85. The molecule has 2 unspecified atom stereocenters. The van der Waals surface area contributed by atoms with Gasteiger partial charge in [-0.25, -0.2) is 0 Å². The molecule has 0 bridgehead atoms. The van der Waals surface area contributed by atoms with Crippen molar-refractivity contribution in [3.8, 4) is 0 Å². The van der Waals surface area contributed by atoms with Gasteiger partial charge in [-0.1, -0.05) is 6.42 Å². The van der Waals surface area contributed by atoms with Crippen molar-refractivity contribution in [2.75, 3.05) is 39.8 Å². The van der Waals surface area contributed by atoms with E-state index < -0.39 is 0 Å². The number of methoxy groups -OCH3 is 1. The van der Waals surface area contributed by atoms with Crippen LogP contribution in [0.4, 0.5) is 0 Å². The molecule has 1 aliphatic carbocycles. The molecule has 6 nitrogen and oxygen atoms in total. The molecule has 2 aliphatic rings. The minimum absolute atomic E-state index is 0.00663. The summed E-state index contributed by atoms with van der Waals surface area (Å²) in [5, 5.41) is 0. The number of nitrogens with two attached hydrogens (primary N) is 1. The van der Waals surface area contributed by atoms with Gasteiger partial charge in [0, 0.05) is 32.2 Å². The van der Waals surface area contributed by atoms with Gasteiger partial charge in [0.05, 0.1) is 19.6 Å². The molecule has 0 aromatic heterocycles. The number of hydrogen-bond donors (Lipinski definition) is 1. The van der Waals surface area contributed by atoms with Gasteiger partial charge in [-0.2, -0.15) is 0 Å². The van der Waals surface area contributed by atoms with Crippen LogP contribution in [0, 0.1) is 5.92 Å². The first-order chi connectivity index (χ1) is 9.11. The van der Waals surface area contributed by atoms with Gasteiger partial charge in [0.15, 0.2) is 0 Å². The molecular weight excluding hydrogens is 246 g/mol. The molecule has 0 aromatic rings. The zero-order valence-corrected chi connectivity index (χ0v) is 11.5. The standard InChI is InChI=1S/C13H23N3O3/c1-19-12(17)9-15-5-7-16(8-6-15)13(18)10-3-2-4-11(10)14/h10-11H,2-9,14H2,1H3. The Morgan fingerprint density at radius 2 is 1.89 bits per heavy atom. The zero-order valence-electron chi connectivity index (χ0n) is 11.5. The molecule has 108 valence electrons. The van der Waals surface area contributed by atoms with Crippen LogP contribution < -0.4 is 5.73 Å². The summed E-state index contributed by atoms with van der Waals surface area (Å²) in [4.78, 5) is 27.4. The highest BCUT2D eigenvalue weighted by atomic mass is 16.5. The lowest BCUT2D eigenvalue weighted by atomic mass is 10.0.